The van der Waals surface area contributed by atoms with Crippen molar-refractivity contribution in [2.75, 3.05) is 13.2 Å². The molecule has 0 saturated carbocycles. The van der Waals surface area contributed by atoms with E-state index in [0.717, 1.165) is 11.3 Å². The minimum atomic E-state index is -0.618. The van der Waals surface area contributed by atoms with Gasteiger partial charge in [0.1, 0.15) is 11.4 Å². The second-order valence-corrected chi connectivity index (χ2v) is 7.48. The molecule has 1 aromatic carbocycles. The SMILES string of the molecule is CCOC(=O)C[C@H](NC(=O)OC(C)(C)C)c1ccc(OCC(C)C)cc1. The second kappa shape index (κ2) is 10.0. The van der Waals surface area contributed by atoms with Crippen LogP contribution in [0.3, 0.4) is 0 Å². The van der Waals surface area contributed by atoms with Crippen LogP contribution in [0.15, 0.2) is 24.3 Å². The van der Waals surface area contributed by atoms with Crippen LogP contribution in [-0.4, -0.2) is 30.9 Å². The molecule has 0 spiro atoms. The number of esters is 1. The first-order valence-corrected chi connectivity index (χ1v) is 8.98. The number of alkyl carbamates (subject to hydrolysis) is 1. The molecule has 6 nitrogen and oxygen atoms in total. The lowest BCUT2D eigenvalue weighted by atomic mass is 10.0. The monoisotopic (exact) mass is 365 g/mol. The highest BCUT2D eigenvalue weighted by molar-refractivity contribution is 5.73. The molecular weight excluding hydrogens is 334 g/mol. The summed E-state index contributed by atoms with van der Waals surface area (Å²) in [5.74, 6) is 0.795. The molecule has 0 aliphatic heterocycles. The lowest BCUT2D eigenvalue weighted by Gasteiger charge is -2.23. The van der Waals surface area contributed by atoms with Crippen LogP contribution in [0, 0.1) is 5.92 Å². The van der Waals surface area contributed by atoms with Crippen molar-refractivity contribution in [3.05, 3.63) is 29.8 Å². The molecule has 0 saturated heterocycles. The van der Waals surface area contributed by atoms with Gasteiger partial charge in [0.2, 0.25) is 0 Å². The van der Waals surface area contributed by atoms with Gasteiger partial charge in [-0.05, 0) is 51.3 Å². The maximum absolute atomic E-state index is 12.1. The first-order chi connectivity index (χ1) is 12.1. The van der Waals surface area contributed by atoms with Crippen LogP contribution >= 0.6 is 0 Å². The van der Waals surface area contributed by atoms with Crippen molar-refractivity contribution in [3.8, 4) is 5.75 Å². The molecule has 0 aliphatic rings. The molecule has 1 aromatic rings. The summed E-state index contributed by atoms with van der Waals surface area (Å²) in [6, 6.07) is 6.77. The van der Waals surface area contributed by atoms with Crippen molar-refractivity contribution in [2.24, 2.45) is 5.92 Å². The third-order valence-electron chi connectivity index (χ3n) is 3.23. The second-order valence-electron chi connectivity index (χ2n) is 7.48. The van der Waals surface area contributed by atoms with Gasteiger partial charge in [0.15, 0.2) is 0 Å². The van der Waals surface area contributed by atoms with Gasteiger partial charge in [-0.2, -0.15) is 0 Å². The molecule has 0 unspecified atom stereocenters. The van der Waals surface area contributed by atoms with Crippen molar-refractivity contribution in [3.63, 3.8) is 0 Å². The van der Waals surface area contributed by atoms with E-state index < -0.39 is 17.7 Å². The van der Waals surface area contributed by atoms with E-state index in [9.17, 15) is 9.59 Å². The maximum atomic E-state index is 12.1. The summed E-state index contributed by atoms with van der Waals surface area (Å²) >= 11 is 0. The number of nitrogens with one attached hydrogen (secondary N) is 1. The topological polar surface area (TPSA) is 73.9 Å². The van der Waals surface area contributed by atoms with E-state index in [-0.39, 0.29) is 12.4 Å². The van der Waals surface area contributed by atoms with Crippen LogP contribution in [0.2, 0.25) is 0 Å². The Labute approximate surface area is 156 Å². The summed E-state index contributed by atoms with van der Waals surface area (Å²) in [6.45, 7) is 12.2. The number of hydrogen-bond donors (Lipinski definition) is 1. The molecule has 0 radical (unpaired) electrons. The van der Waals surface area contributed by atoms with Gasteiger partial charge in [-0.1, -0.05) is 26.0 Å². The normalized spacial score (nSPS) is 12.4. The van der Waals surface area contributed by atoms with Gasteiger partial charge >= 0.3 is 12.1 Å². The van der Waals surface area contributed by atoms with Crippen molar-refractivity contribution >= 4 is 12.1 Å². The molecular formula is C20H31NO5. The van der Waals surface area contributed by atoms with Gasteiger partial charge in [-0.15, -0.1) is 0 Å². The fraction of sp³-hybridized carbons (Fsp3) is 0.600. The Bertz CT molecular complexity index is 575. The van der Waals surface area contributed by atoms with Crippen molar-refractivity contribution in [2.45, 2.75) is 59.6 Å². The van der Waals surface area contributed by atoms with E-state index in [1.165, 1.54) is 0 Å². The van der Waals surface area contributed by atoms with Gasteiger partial charge in [0, 0.05) is 0 Å². The Hall–Kier alpha value is -2.24. The average Bonchev–Trinajstić information content (AvgIpc) is 2.51. The highest BCUT2D eigenvalue weighted by atomic mass is 16.6. The van der Waals surface area contributed by atoms with Crippen molar-refractivity contribution < 1.29 is 23.8 Å². The number of hydrogen-bond acceptors (Lipinski definition) is 5. The maximum Gasteiger partial charge on any atom is 0.408 e. The number of carbonyl (C=O) groups excluding carboxylic acids is 2. The minimum absolute atomic E-state index is 0.0271. The largest absolute Gasteiger partial charge is 0.493 e. The van der Waals surface area contributed by atoms with Crippen LogP contribution in [0.5, 0.6) is 5.75 Å². The molecule has 26 heavy (non-hydrogen) atoms. The number of carbonyl (C=O) groups is 2. The quantitative estimate of drug-likeness (QED) is 0.698. The summed E-state index contributed by atoms with van der Waals surface area (Å²) in [5.41, 5.74) is 0.161. The van der Waals surface area contributed by atoms with Crippen molar-refractivity contribution in [1.29, 1.82) is 0 Å². The van der Waals surface area contributed by atoms with Gasteiger partial charge in [-0.25, -0.2) is 4.79 Å². The molecule has 1 N–H and O–H groups in total. The Morgan fingerprint density at radius 2 is 1.73 bits per heavy atom. The Morgan fingerprint density at radius 1 is 1.12 bits per heavy atom. The molecule has 0 aromatic heterocycles. The molecule has 0 heterocycles. The van der Waals surface area contributed by atoms with E-state index in [1.54, 1.807) is 27.7 Å². The van der Waals surface area contributed by atoms with Crippen molar-refractivity contribution in [1.82, 2.24) is 5.32 Å². The average molecular weight is 365 g/mol. The zero-order valence-electron chi connectivity index (χ0n) is 16.6. The number of benzene rings is 1. The summed E-state index contributed by atoms with van der Waals surface area (Å²) in [7, 11) is 0. The molecule has 0 aliphatic carbocycles. The van der Waals surface area contributed by atoms with E-state index in [0.29, 0.717) is 19.1 Å². The zero-order chi connectivity index (χ0) is 19.7. The van der Waals surface area contributed by atoms with Gasteiger partial charge in [0.25, 0.3) is 0 Å². The van der Waals surface area contributed by atoms with Gasteiger partial charge in [0.05, 0.1) is 25.7 Å². The summed E-state index contributed by atoms with van der Waals surface area (Å²) in [6.07, 6.45) is -0.550. The number of amides is 1. The van der Waals surface area contributed by atoms with Crippen LogP contribution in [-0.2, 0) is 14.3 Å². The predicted octanol–water partition coefficient (Wildman–Crippen LogP) is 4.24. The highest BCUT2D eigenvalue weighted by Crippen LogP contribution is 2.22. The third kappa shape index (κ3) is 8.74. The predicted molar refractivity (Wildman–Crippen MR) is 100 cm³/mol. The van der Waals surface area contributed by atoms with Crippen LogP contribution in [0.25, 0.3) is 0 Å². The summed E-state index contributed by atoms with van der Waals surface area (Å²) < 4.78 is 16.0. The Balaban J connectivity index is 2.86. The van der Waals surface area contributed by atoms with E-state index in [4.69, 9.17) is 14.2 Å². The van der Waals surface area contributed by atoms with E-state index >= 15 is 0 Å². The number of ether oxygens (including phenoxy) is 3. The third-order valence-corrected chi connectivity index (χ3v) is 3.23. The molecule has 0 bridgehead atoms. The Morgan fingerprint density at radius 3 is 2.23 bits per heavy atom. The first kappa shape index (κ1) is 21.8. The Kier molecular flexibility index (Phi) is 8.42. The molecule has 0 fully saturated rings. The lowest BCUT2D eigenvalue weighted by Crippen LogP contribution is -2.36. The van der Waals surface area contributed by atoms with E-state index in [1.807, 2.05) is 24.3 Å². The van der Waals surface area contributed by atoms with Gasteiger partial charge < -0.3 is 19.5 Å². The lowest BCUT2D eigenvalue weighted by molar-refractivity contribution is -0.143. The zero-order valence-corrected chi connectivity index (χ0v) is 16.6. The highest BCUT2D eigenvalue weighted by Gasteiger charge is 2.23. The smallest absolute Gasteiger partial charge is 0.408 e. The molecule has 1 rings (SSSR count). The molecule has 1 amide bonds. The molecule has 1 atom stereocenters. The minimum Gasteiger partial charge on any atom is -0.493 e. The summed E-state index contributed by atoms with van der Waals surface area (Å²) in [5, 5.41) is 2.75. The first-order valence-electron chi connectivity index (χ1n) is 8.98. The molecule has 146 valence electrons. The fourth-order valence-electron chi connectivity index (χ4n) is 2.15. The number of rotatable bonds is 8. The fourth-order valence-corrected chi connectivity index (χ4v) is 2.15. The van der Waals surface area contributed by atoms with E-state index in [2.05, 4.69) is 19.2 Å². The molecule has 6 heteroatoms. The van der Waals surface area contributed by atoms with Gasteiger partial charge in [-0.3, -0.25) is 4.79 Å². The van der Waals surface area contributed by atoms with Crippen LogP contribution in [0.1, 0.15) is 59.6 Å². The van der Waals surface area contributed by atoms with Crippen LogP contribution < -0.4 is 10.1 Å². The standard InChI is InChI=1S/C20H31NO5/c1-7-24-18(22)12-17(21-19(23)26-20(4,5)6)15-8-10-16(11-9-15)25-13-14(2)3/h8-11,14,17H,7,12-13H2,1-6H3,(H,21,23)/t17-/m0/s1. The van der Waals surface area contributed by atoms with Crippen LogP contribution in [0.4, 0.5) is 4.79 Å². The summed E-state index contributed by atoms with van der Waals surface area (Å²) in [4.78, 5) is 24.0.